The minimum absolute atomic E-state index is 0.0417. The van der Waals surface area contributed by atoms with E-state index in [1.165, 1.54) is 5.56 Å². The van der Waals surface area contributed by atoms with E-state index in [0.29, 0.717) is 12.6 Å². The molecule has 0 aromatic carbocycles. The number of rotatable bonds is 7. The van der Waals surface area contributed by atoms with Crippen LogP contribution < -0.4 is 5.73 Å². The van der Waals surface area contributed by atoms with Gasteiger partial charge in [0.15, 0.2) is 0 Å². The van der Waals surface area contributed by atoms with Crippen LogP contribution in [0.3, 0.4) is 0 Å². The molecule has 0 radical (unpaired) electrons. The van der Waals surface area contributed by atoms with E-state index in [1.807, 2.05) is 18.5 Å². The Kier molecular flexibility index (Phi) is 7.39. The number of pyridine rings is 1. The summed E-state index contributed by atoms with van der Waals surface area (Å²) in [6.07, 6.45) is 8.30. The fraction of sp³-hybridized carbons (Fsp3) is 0.667. The van der Waals surface area contributed by atoms with E-state index in [2.05, 4.69) is 20.9 Å². The maximum atomic E-state index is 12.7. The number of nitrogens with zero attached hydrogens (tertiary/aromatic N) is 4. The van der Waals surface area contributed by atoms with Gasteiger partial charge in [0.05, 0.1) is 5.92 Å². The summed E-state index contributed by atoms with van der Waals surface area (Å²) in [5.41, 5.74) is 6.47. The van der Waals surface area contributed by atoms with Crippen LogP contribution in [0.2, 0.25) is 0 Å². The van der Waals surface area contributed by atoms with Crippen LogP contribution in [0.4, 0.5) is 0 Å². The maximum Gasteiger partial charge on any atom is 0.226 e. The van der Waals surface area contributed by atoms with E-state index < -0.39 is 0 Å². The molecule has 0 saturated carbocycles. The number of amides is 2. The summed E-state index contributed by atoms with van der Waals surface area (Å²) in [5, 5.41) is 0. The number of piperidine rings is 2. The maximum absolute atomic E-state index is 12.7. The molecule has 3 heterocycles. The first-order chi connectivity index (χ1) is 13.5. The number of carbonyl (C=O) groups excluding carboxylic acids is 2. The van der Waals surface area contributed by atoms with Crippen LogP contribution >= 0.6 is 0 Å². The van der Waals surface area contributed by atoms with Crippen molar-refractivity contribution in [2.24, 2.45) is 11.7 Å². The van der Waals surface area contributed by atoms with Gasteiger partial charge in [-0.1, -0.05) is 6.07 Å². The van der Waals surface area contributed by atoms with Crippen molar-refractivity contribution in [1.29, 1.82) is 0 Å². The van der Waals surface area contributed by atoms with E-state index >= 15 is 0 Å². The van der Waals surface area contributed by atoms with Gasteiger partial charge in [0.2, 0.25) is 11.8 Å². The lowest BCUT2D eigenvalue weighted by molar-refractivity contribution is -0.136. The topological polar surface area (TPSA) is 82.8 Å². The summed E-state index contributed by atoms with van der Waals surface area (Å²) in [4.78, 5) is 34.6. The number of aromatic nitrogens is 1. The smallest absolute Gasteiger partial charge is 0.226 e. The molecule has 2 aliphatic rings. The molecule has 7 nitrogen and oxygen atoms in total. The summed E-state index contributed by atoms with van der Waals surface area (Å²) in [7, 11) is 1.78. The summed E-state index contributed by atoms with van der Waals surface area (Å²) in [6.45, 7) is 5.49. The molecular weight excluding hydrogens is 354 g/mol. The molecule has 7 heteroatoms. The molecular formula is C21H33N5O2. The van der Waals surface area contributed by atoms with Crippen molar-refractivity contribution in [3.63, 3.8) is 0 Å². The highest BCUT2D eigenvalue weighted by Crippen LogP contribution is 2.25. The fourth-order valence-electron chi connectivity index (χ4n) is 4.43. The van der Waals surface area contributed by atoms with Gasteiger partial charge in [0, 0.05) is 51.5 Å². The van der Waals surface area contributed by atoms with E-state index in [4.69, 9.17) is 5.73 Å². The second kappa shape index (κ2) is 9.98. The Morgan fingerprint density at radius 3 is 2.71 bits per heavy atom. The van der Waals surface area contributed by atoms with Gasteiger partial charge < -0.3 is 10.6 Å². The molecule has 2 fully saturated rings. The first-order valence-corrected chi connectivity index (χ1v) is 10.4. The Hall–Kier alpha value is -1.99. The molecule has 0 aliphatic carbocycles. The van der Waals surface area contributed by atoms with Crippen LogP contribution in [0.25, 0.3) is 0 Å². The third-order valence-electron chi connectivity index (χ3n) is 6.07. The Bertz CT molecular complexity index is 645. The third-order valence-corrected chi connectivity index (χ3v) is 6.07. The van der Waals surface area contributed by atoms with Gasteiger partial charge in [-0.05, 0) is 56.9 Å². The highest BCUT2D eigenvalue weighted by atomic mass is 16.2. The van der Waals surface area contributed by atoms with Crippen molar-refractivity contribution in [1.82, 2.24) is 19.7 Å². The average molecular weight is 388 g/mol. The largest absolute Gasteiger partial charge is 0.370 e. The van der Waals surface area contributed by atoms with Crippen LogP contribution in [0, 0.1) is 5.92 Å². The molecule has 1 aromatic rings. The fourth-order valence-corrected chi connectivity index (χ4v) is 4.43. The van der Waals surface area contributed by atoms with E-state index in [0.717, 1.165) is 58.4 Å². The minimum atomic E-state index is -0.358. The summed E-state index contributed by atoms with van der Waals surface area (Å²) < 4.78 is 0. The molecule has 28 heavy (non-hydrogen) atoms. The van der Waals surface area contributed by atoms with Crippen molar-refractivity contribution < 1.29 is 9.59 Å². The first kappa shape index (κ1) is 20.7. The molecule has 2 saturated heterocycles. The van der Waals surface area contributed by atoms with E-state index in [-0.39, 0.29) is 24.2 Å². The van der Waals surface area contributed by atoms with Crippen molar-refractivity contribution in [2.45, 2.75) is 44.7 Å². The Labute approximate surface area is 167 Å². The number of carbonyl (C=O) groups is 2. The first-order valence-electron chi connectivity index (χ1n) is 10.4. The molecule has 0 unspecified atom stereocenters. The van der Waals surface area contributed by atoms with Crippen LogP contribution in [-0.2, 0) is 16.1 Å². The SMILES string of the molecule is CN(CCC(N)=O)C(=O)[C@H]1CCCN(C2CCN(Cc3cccnc3)CC2)C1. The van der Waals surface area contributed by atoms with Gasteiger partial charge in [-0.15, -0.1) is 0 Å². The molecule has 1 atom stereocenters. The second-order valence-corrected chi connectivity index (χ2v) is 8.18. The lowest BCUT2D eigenvalue weighted by atomic mass is 9.93. The average Bonchev–Trinajstić information content (AvgIpc) is 2.73. The van der Waals surface area contributed by atoms with E-state index in [9.17, 15) is 9.59 Å². The zero-order valence-electron chi connectivity index (χ0n) is 16.9. The molecule has 0 spiro atoms. The van der Waals surface area contributed by atoms with Crippen molar-refractivity contribution in [3.05, 3.63) is 30.1 Å². The van der Waals surface area contributed by atoms with Crippen LogP contribution in [0.1, 0.15) is 37.7 Å². The third kappa shape index (κ3) is 5.75. The predicted octanol–water partition coefficient (Wildman–Crippen LogP) is 1.09. The summed E-state index contributed by atoms with van der Waals surface area (Å²) in [6, 6.07) is 4.69. The van der Waals surface area contributed by atoms with Crippen LogP contribution in [0.15, 0.2) is 24.5 Å². The quantitative estimate of drug-likeness (QED) is 0.757. The Morgan fingerprint density at radius 1 is 1.25 bits per heavy atom. The highest BCUT2D eigenvalue weighted by Gasteiger charge is 2.32. The second-order valence-electron chi connectivity index (χ2n) is 8.18. The summed E-state index contributed by atoms with van der Waals surface area (Å²) >= 11 is 0. The van der Waals surface area contributed by atoms with Gasteiger partial charge in [0.25, 0.3) is 0 Å². The van der Waals surface area contributed by atoms with Crippen molar-refractivity contribution in [2.75, 3.05) is 39.8 Å². The van der Waals surface area contributed by atoms with Crippen molar-refractivity contribution in [3.8, 4) is 0 Å². The van der Waals surface area contributed by atoms with Gasteiger partial charge in [0.1, 0.15) is 0 Å². The number of primary amides is 1. The summed E-state index contributed by atoms with van der Waals surface area (Å²) in [5.74, 6) is -0.164. The molecule has 154 valence electrons. The van der Waals surface area contributed by atoms with Gasteiger partial charge >= 0.3 is 0 Å². The molecule has 3 rings (SSSR count). The van der Waals surface area contributed by atoms with Crippen LogP contribution in [0.5, 0.6) is 0 Å². The van der Waals surface area contributed by atoms with Gasteiger partial charge in [-0.2, -0.15) is 0 Å². The Balaban J connectivity index is 1.46. The zero-order chi connectivity index (χ0) is 19.9. The molecule has 0 bridgehead atoms. The lowest BCUT2D eigenvalue weighted by Gasteiger charge is -2.42. The minimum Gasteiger partial charge on any atom is -0.370 e. The van der Waals surface area contributed by atoms with E-state index in [1.54, 1.807) is 11.9 Å². The predicted molar refractivity (Wildman–Crippen MR) is 108 cm³/mol. The highest BCUT2D eigenvalue weighted by molar-refractivity contribution is 5.80. The Morgan fingerprint density at radius 2 is 2.04 bits per heavy atom. The number of hydrogen-bond acceptors (Lipinski definition) is 5. The zero-order valence-corrected chi connectivity index (χ0v) is 16.9. The molecule has 2 aliphatic heterocycles. The van der Waals surface area contributed by atoms with Gasteiger partial charge in [-0.25, -0.2) is 0 Å². The molecule has 2 amide bonds. The lowest BCUT2D eigenvalue weighted by Crippen LogP contribution is -2.51. The molecule has 2 N–H and O–H groups in total. The normalized spacial score (nSPS) is 22.1. The standard InChI is InChI=1S/C21H33N5O2/c1-24(11-8-20(22)27)21(28)18-5-3-10-26(16-18)19-6-12-25(13-7-19)15-17-4-2-9-23-14-17/h2,4,9,14,18-19H,3,5-8,10-13,15-16H2,1H3,(H2,22,27)/t18-/m0/s1. The van der Waals surface area contributed by atoms with Gasteiger partial charge in [-0.3, -0.25) is 24.4 Å². The number of hydrogen-bond donors (Lipinski definition) is 1. The monoisotopic (exact) mass is 387 g/mol. The number of nitrogens with two attached hydrogens (primary N) is 1. The van der Waals surface area contributed by atoms with Crippen LogP contribution in [-0.4, -0.2) is 77.3 Å². The number of likely N-dealkylation sites (tertiary alicyclic amines) is 2. The molecule has 1 aromatic heterocycles. The van der Waals surface area contributed by atoms with Crippen molar-refractivity contribution >= 4 is 11.8 Å².